The number of fused-ring (bicyclic) bond motifs is 2. The van der Waals surface area contributed by atoms with Crippen molar-refractivity contribution in [3.63, 3.8) is 0 Å². The summed E-state index contributed by atoms with van der Waals surface area (Å²) in [5, 5.41) is 12.5. The lowest BCUT2D eigenvalue weighted by Gasteiger charge is -2.23. The maximum atomic E-state index is 2.48. The largest absolute Gasteiger partial charge is 0.0622 e. The highest BCUT2D eigenvalue weighted by atomic mass is 14.3. The van der Waals surface area contributed by atoms with Crippen LogP contribution in [0, 0.1) is 0 Å². The summed E-state index contributed by atoms with van der Waals surface area (Å²) in [6.07, 6.45) is 0. The lowest BCUT2D eigenvalue weighted by atomic mass is 9.80. The summed E-state index contributed by atoms with van der Waals surface area (Å²) in [7, 11) is 0. The fraction of sp³-hybridized carbons (Fsp3) is 0. The third-order valence-corrected chi connectivity index (χ3v) is 15.1. The Labute approximate surface area is 419 Å². The molecule has 0 aliphatic heterocycles. The van der Waals surface area contributed by atoms with Crippen molar-refractivity contribution in [3.8, 4) is 89.0 Å². The normalized spacial score (nSPS) is 11.6. The van der Waals surface area contributed by atoms with Crippen molar-refractivity contribution >= 4 is 53.9 Å². The standard InChI is InChI=1S/C72H46/c1-5-19-47(20-6-1)51-27-17-29-53(43-51)67-45-69(61-37-35-55(49-23-9-3-10-24-49)57-31-13-15-33-59(57)61)65-42-40-64-68(54-30-18-28-52(44-54)48-21-7-2-8-22-48)46-70(66-41-39-63(67)71(65)72(64)66)62-38-36-56(50-25-11-4-12-26-50)58-32-14-16-34-60(58)62/h1-46H. The van der Waals surface area contributed by atoms with Gasteiger partial charge in [-0.2, -0.15) is 0 Å². The van der Waals surface area contributed by atoms with Crippen LogP contribution in [0.5, 0.6) is 0 Å². The average molecular weight is 911 g/mol. The SMILES string of the molecule is c1ccc(-c2cccc(-c3cc(-c4ccc(-c5ccccc5)c5ccccc45)c4ccc5c(-c6cccc(-c7ccccc7)c6)cc(-c6ccc(-c7ccccc7)c7ccccc67)c6ccc3c4c56)c2)cc1. The van der Waals surface area contributed by atoms with Gasteiger partial charge in [0.05, 0.1) is 0 Å². The molecule has 0 aliphatic carbocycles. The minimum atomic E-state index is 1.19. The molecule has 0 heteroatoms. The molecular weight excluding hydrogens is 865 g/mol. The topological polar surface area (TPSA) is 0 Å². The van der Waals surface area contributed by atoms with Crippen LogP contribution in [0.4, 0.5) is 0 Å². The third-order valence-electron chi connectivity index (χ3n) is 15.1. The second kappa shape index (κ2) is 17.2. The van der Waals surface area contributed by atoms with Crippen molar-refractivity contribution in [2.45, 2.75) is 0 Å². The van der Waals surface area contributed by atoms with E-state index in [0.717, 1.165) is 0 Å². The molecule has 334 valence electrons. The third kappa shape index (κ3) is 6.91. The van der Waals surface area contributed by atoms with Crippen molar-refractivity contribution in [2.75, 3.05) is 0 Å². The average Bonchev–Trinajstić information content (AvgIpc) is 3.46. The van der Waals surface area contributed by atoms with Gasteiger partial charge < -0.3 is 0 Å². The second-order valence-corrected chi connectivity index (χ2v) is 19.1. The molecule has 0 amide bonds. The smallest absolute Gasteiger partial charge is 0.00139 e. The van der Waals surface area contributed by atoms with E-state index < -0.39 is 0 Å². The first-order valence-corrected chi connectivity index (χ1v) is 25.0. The predicted octanol–water partition coefficient (Wildman–Crippen LogP) is 20.2. The first-order valence-electron chi connectivity index (χ1n) is 25.0. The monoisotopic (exact) mass is 910 g/mol. The van der Waals surface area contributed by atoms with Crippen molar-refractivity contribution in [1.29, 1.82) is 0 Å². The van der Waals surface area contributed by atoms with Crippen molar-refractivity contribution < 1.29 is 0 Å². The Balaban J connectivity index is 1.12. The number of hydrogen-bond donors (Lipinski definition) is 0. The van der Waals surface area contributed by atoms with Crippen LogP contribution in [-0.2, 0) is 0 Å². The van der Waals surface area contributed by atoms with E-state index in [4.69, 9.17) is 0 Å². The van der Waals surface area contributed by atoms with E-state index in [-0.39, 0.29) is 0 Å². The fourth-order valence-electron chi connectivity index (χ4n) is 11.7. The van der Waals surface area contributed by atoms with Gasteiger partial charge in [-0.3, -0.25) is 0 Å². The summed E-state index contributed by atoms with van der Waals surface area (Å²) in [4.78, 5) is 0. The van der Waals surface area contributed by atoms with E-state index in [9.17, 15) is 0 Å². The highest BCUT2D eigenvalue weighted by Gasteiger charge is 2.23. The molecule has 0 fully saturated rings. The van der Waals surface area contributed by atoms with Crippen LogP contribution in [0.3, 0.4) is 0 Å². The molecule has 0 N–H and O–H groups in total. The van der Waals surface area contributed by atoms with Crippen LogP contribution in [-0.4, -0.2) is 0 Å². The molecule has 14 aromatic rings. The van der Waals surface area contributed by atoms with Gasteiger partial charge in [-0.15, -0.1) is 0 Å². The van der Waals surface area contributed by atoms with Gasteiger partial charge >= 0.3 is 0 Å². The summed E-state index contributed by atoms with van der Waals surface area (Å²) in [6, 6.07) is 103. The molecule has 0 radical (unpaired) electrons. The van der Waals surface area contributed by atoms with E-state index >= 15 is 0 Å². The molecule has 0 aliphatic rings. The van der Waals surface area contributed by atoms with Gasteiger partial charge in [0.1, 0.15) is 0 Å². The summed E-state index contributed by atoms with van der Waals surface area (Å²) >= 11 is 0. The Kier molecular flexibility index (Phi) is 9.96. The first-order chi connectivity index (χ1) is 35.7. The highest BCUT2D eigenvalue weighted by Crippen LogP contribution is 2.51. The molecule has 72 heavy (non-hydrogen) atoms. The maximum absolute atomic E-state index is 2.48. The van der Waals surface area contributed by atoms with Crippen LogP contribution in [0.1, 0.15) is 0 Å². The van der Waals surface area contributed by atoms with Crippen LogP contribution >= 0.6 is 0 Å². The zero-order valence-electron chi connectivity index (χ0n) is 39.6. The zero-order chi connectivity index (χ0) is 47.5. The van der Waals surface area contributed by atoms with Crippen LogP contribution in [0.2, 0.25) is 0 Å². The van der Waals surface area contributed by atoms with Crippen molar-refractivity contribution in [1.82, 2.24) is 0 Å². The minimum Gasteiger partial charge on any atom is -0.0622 e. The molecule has 14 rings (SSSR count). The number of benzene rings is 14. The Hall–Kier alpha value is -9.36. The first kappa shape index (κ1) is 41.6. The fourth-order valence-corrected chi connectivity index (χ4v) is 11.7. The van der Waals surface area contributed by atoms with E-state index in [1.54, 1.807) is 0 Å². The van der Waals surface area contributed by atoms with E-state index in [1.165, 1.54) is 143 Å². The van der Waals surface area contributed by atoms with Crippen molar-refractivity contribution in [3.05, 3.63) is 279 Å². The Morgan fingerprint density at radius 3 is 0.778 bits per heavy atom. The van der Waals surface area contributed by atoms with Gasteiger partial charge in [0.15, 0.2) is 0 Å². The summed E-state index contributed by atoms with van der Waals surface area (Å²) in [5.74, 6) is 0. The Morgan fingerprint density at radius 1 is 0.125 bits per heavy atom. The Bertz CT molecular complexity index is 4060. The molecule has 0 aromatic heterocycles. The molecule has 0 atom stereocenters. The molecule has 0 unspecified atom stereocenters. The summed E-state index contributed by atoms with van der Waals surface area (Å²) in [5.41, 5.74) is 19.4. The van der Waals surface area contributed by atoms with Crippen LogP contribution in [0.25, 0.3) is 143 Å². The van der Waals surface area contributed by atoms with Gasteiger partial charge in [0.25, 0.3) is 0 Å². The quantitative estimate of drug-likeness (QED) is 0.133. The minimum absolute atomic E-state index is 1.19. The molecule has 0 nitrogen and oxygen atoms in total. The van der Waals surface area contributed by atoms with Gasteiger partial charge in [-0.25, -0.2) is 0 Å². The lowest BCUT2D eigenvalue weighted by Crippen LogP contribution is -1.96. The molecule has 0 spiro atoms. The molecule has 0 bridgehead atoms. The zero-order valence-corrected chi connectivity index (χ0v) is 39.6. The molecule has 0 heterocycles. The molecule has 14 aromatic carbocycles. The van der Waals surface area contributed by atoms with Crippen molar-refractivity contribution in [2.24, 2.45) is 0 Å². The number of rotatable bonds is 8. The molecule has 0 saturated carbocycles. The molecule has 0 saturated heterocycles. The van der Waals surface area contributed by atoms with Gasteiger partial charge in [0.2, 0.25) is 0 Å². The summed E-state index contributed by atoms with van der Waals surface area (Å²) < 4.78 is 0. The lowest BCUT2D eigenvalue weighted by molar-refractivity contribution is 1.60. The van der Waals surface area contributed by atoms with Gasteiger partial charge in [-0.1, -0.05) is 255 Å². The van der Waals surface area contributed by atoms with Crippen LogP contribution in [0.15, 0.2) is 279 Å². The highest BCUT2D eigenvalue weighted by molar-refractivity contribution is 6.33. The van der Waals surface area contributed by atoms with Crippen LogP contribution < -0.4 is 0 Å². The number of hydrogen-bond acceptors (Lipinski definition) is 0. The van der Waals surface area contributed by atoms with E-state index in [1.807, 2.05) is 0 Å². The van der Waals surface area contributed by atoms with Gasteiger partial charge in [-0.05, 0) is 167 Å². The van der Waals surface area contributed by atoms with Gasteiger partial charge in [0, 0.05) is 0 Å². The molecular formula is C72H46. The maximum Gasteiger partial charge on any atom is -0.00139 e. The predicted molar refractivity (Wildman–Crippen MR) is 309 cm³/mol. The second-order valence-electron chi connectivity index (χ2n) is 19.1. The summed E-state index contributed by atoms with van der Waals surface area (Å²) in [6.45, 7) is 0. The van der Waals surface area contributed by atoms with E-state index in [0.29, 0.717) is 0 Å². The Morgan fingerprint density at radius 2 is 0.403 bits per heavy atom. The van der Waals surface area contributed by atoms with E-state index in [2.05, 4.69) is 279 Å².